The van der Waals surface area contributed by atoms with Crippen LogP contribution in [-0.2, 0) is 54.8 Å². The third-order valence-electron chi connectivity index (χ3n) is 8.04. The fraction of sp³-hybridized carbons (Fsp3) is 0.282. The van der Waals surface area contributed by atoms with Gasteiger partial charge in [0.2, 0.25) is 0 Å². The van der Waals surface area contributed by atoms with E-state index in [1.807, 2.05) is 78.9 Å². The molecule has 5 aromatic carbocycles. The van der Waals surface area contributed by atoms with Crippen LogP contribution in [0.2, 0.25) is 0 Å². The first kappa shape index (κ1) is 31.1. The highest BCUT2D eigenvalue weighted by Gasteiger charge is 2.48. The van der Waals surface area contributed by atoms with Crippen molar-refractivity contribution in [3.8, 4) is 0 Å². The standard InChI is InChI=1S/C39H40O6/c1-40-39-38(44-27-31-17-9-4-10-18-31)37(43-26-30-15-7-3-8-16-30)36(42-25-29-13-5-2-6-14-29)35(45-39)28-41-24-32-21-22-33-19-11-12-20-34(33)23-32/h2-23,35-39H,24-28H2,1H3/t35-,36-,37+,38+,39+/m1/s1. The molecule has 0 amide bonds. The second-order valence-electron chi connectivity index (χ2n) is 11.3. The van der Waals surface area contributed by atoms with E-state index >= 15 is 0 Å². The van der Waals surface area contributed by atoms with Crippen molar-refractivity contribution in [2.45, 2.75) is 57.1 Å². The minimum atomic E-state index is -0.680. The Hall–Kier alpha value is -3.88. The first-order valence-corrected chi connectivity index (χ1v) is 15.5. The summed E-state index contributed by atoms with van der Waals surface area (Å²) in [5.74, 6) is 0. The highest BCUT2D eigenvalue weighted by molar-refractivity contribution is 5.82. The Balaban J connectivity index is 1.23. The van der Waals surface area contributed by atoms with Gasteiger partial charge in [-0.2, -0.15) is 0 Å². The van der Waals surface area contributed by atoms with Gasteiger partial charge in [0.1, 0.15) is 24.4 Å². The monoisotopic (exact) mass is 604 g/mol. The predicted molar refractivity (Wildman–Crippen MR) is 174 cm³/mol. The molecule has 0 unspecified atom stereocenters. The quantitative estimate of drug-likeness (QED) is 0.131. The van der Waals surface area contributed by atoms with Crippen LogP contribution in [0.15, 0.2) is 133 Å². The fourth-order valence-electron chi connectivity index (χ4n) is 5.69. The molecule has 0 bridgehead atoms. The summed E-state index contributed by atoms with van der Waals surface area (Å²) in [4.78, 5) is 0. The van der Waals surface area contributed by atoms with E-state index in [9.17, 15) is 0 Å². The smallest absolute Gasteiger partial charge is 0.186 e. The van der Waals surface area contributed by atoms with Crippen LogP contribution < -0.4 is 0 Å². The number of ether oxygens (including phenoxy) is 6. The highest BCUT2D eigenvalue weighted by atomic mass is 16.7. The van der Waals surface area contributed by atoms with Gasteiger partial charge in [0.15, 0.2) is 6.29 Å². The molecule has 0 N–H and O–H groups in total. The molecule has 0 aliphatic carbocycles. The third kappa shape index (κ3) is 8.44. The van der Waals surface area contributed by atoms with Crippen LogP contribution in [0.1, 0.15) is 22.3 Å². The van der Waals surface area contributed by atoms with Crippen molar-refractivity contribution in [1.29, 1.82) is 0 Å². The molecule has 5 aromatic rings. The summed E-state index contributed by atoms with van der Waals surface area (Å²) in [5, 5.41) is 2.39. The predicted octanol–water partition coefficient (Wildman–Crippen LogP) is 7.48. The van der Waals surface area contributed by atoms with Gasteiger partial charge in [-0.25, -0.2) is 0 Å². The Labute approximate surface area is 265 Å². The summed E-state index contributed by atoms with van der Waals surface area (Å²) < 4.78 is 38.6. The van der Waals surface area contributed by atoms with Crippen molar-refractivity contribution in [1.82, 2.24) is 0 Å². The minimum absolute atomic E-state index is 0.294. The Bertz CT molecular complexity index is 1580. The first-order valence-electron chi connectivity index (χ1n) is 15.5. The number of hydrogen-bond donors (Lipinski definition) is 0. The van der Waals surface area contributed by atoms with E-state index in [4.69, 9.17) is 28.4 Å². The van der Waals surface area contributed by atoms with Crippen LogP contribution in [0.4, 0.5) is 0 Å². The van der Waals surface area contributed by atoms with Crippen LogP contribution in [0.3, 0.4) is 0 Å². The molecule has 0 radical (unpaired) electrons. The lowest BCUT2D eigenvalue weighted by molar-refractivity contribution is -0.323. The van der Waals surface area contributed by atoms with Crippen LogP contribution in [0, 0.1) is 0 Å². The Morgan fingerprint density at radius 3 is 1.58 bits per heavy atom. The molecule has 0 aromatic heterocycles. The molecule has 1 aliphatic rings. The average Bonchev–Trinajstić information content (AvgIpc) is 3.10. The molecule has 6 rings (SSSR count). The second kappa shape index (κ2) is 15.9. The number of fused-ring (bicyclic) bond motifs is 1. The fourth-order valence-corrected chi connectivity index (χ4v) is 5.69. The van der Waals surface area contributed by atoms with Gasteiger partial charge in [-0.05, 0) is 39.1 Å². The zero-order valence-electron chi connectivity index (χ0n) is 25.6. The lowest BCUT2D eigenvalue weighted by atomic mass is 9.97. The molecular weight excluding hydrogens is 564 g/mol. The molecule has 1 heterocycles. The van der Waals surface area contributed by atoms with E-state index < -0.39 is 30.7 Å². The lowest BCUT2D eigenvalue weighted by Crippen LogP contribution is -2.61. The van der Waals surface area contributed by atoms with E-state index in [-0.39, 0.29) is 0 Å². The van der Waals surface area contributed by atoms with Gasteiger partial charge in [-0.15, -0.1) is 0 Å². The van der Waals surface area contributed by atoms with Crippen LogP contribution in [0.5, 0.6) is 0 Å². The number of rotatable bonds is 14. The molecule has 45 heavy (non-hydrogen) atoms. The van der Waals surface area contributed by atoms with Gasteiger partial charge < -0.3 is 28.4 Å². The molecule has 6 heteroatoms. The summed E-state index contributed by atoms with van der Waals surface area (Å²) in [5.41, 5.74) is 4.27. The molecule has 0 saturated carbocycles. The molecule has 232 valence electrons. The van der Waals surface area contributed by atoms with Crippen molar-refractivity contribution in [3.63, 3.8) is 0 Å². The Kier molecular flexibility index (Phi) is 11.0. The topological polar surface area (TPSA) is 55.4 Å². The van der Waals surface area contributed by atoms with Crippen LogP contribution in [0.25, 0.3) is 10.8 Å². The van der Waals surface area contributed by atoms with Gasteiger partial charge in [0, 0.05) is 7.11 Å². The number of benzene rings is 5. The highest BCUT2D eigenvalue weighted by Crippen LogP contribution is 2.31. The van der Waals surface area contributed by atoms with Crippen molar-refractivity contribution in [2.75, 3.05) is 13.7 Å². The zero-order valence-corrected chi connectivity index (χ0v) is 25.6. The average molecular weight is 605 g/mol. The Morgan fingerprint density at radius 2 is 1.00 bits per heavy atom. The lowest BCUT2D eigenvalue weighted by Gasteiger charge is -2.45. The molecular formula is C39H40O6. The largest absolute Gasteiger partial charge is 0.374 e. The summed E-state index contributed by atoms with van der Waals surface area (Å²) >= 11 is 0. The van der Waals surface area contributed by atoms with E-state index in [0.717, 1.165) is 22.3 Å². The van der Waals surface area contributed by atoms with E-state index in [1.165, 1.54) is 10.8 Å². The van der Waals surface area contributed by atoms with Crippen molar-refractivity contribution in [3.05, 3.63) is 156 Å². The summed E-state index contributed by atoms with van der Waals surface area (Å²) in [7, 11) is 1.63. The van der Waals surface area contributed by atoms with Gasteiger partial charge in [0.25, 0.3) is 0 Å². The minimum Gasteiger partial charge on any atom is -0.374 e. The zero-order chi connectivity index (χ0) is 30.7. The maximum absolute atomic E-state index is 6.68. The van der Waals surface area contributed by atoms with Gasteiger partial charge >= 0.3 is 0 Å². The van der Waals surface area contributed by atoms with Crippen LogP contribution in [-0.4, -0.2) is 44.4 Å². The first-order chi connectivity index (χ1) is 22.3. The van der Waals surface area contributed by atoms with E-state index in [0.29, 0.717) is 33.0 Å². The summed E-state index contributed by atoms with van der Waals surface area (Å²) in [6.07, 6.45) is -2.67. The molecule has 1 fully saturated rings. The van der Waals surface area contributed by atoms with Crippen molar-refractivity contribution < 1.29 is 28.4 Å². The molecule has 6 nitrogen and oxygen atoms in total. The Morgan fingerprint density at radius 1 is 0.489 bits per heavy atom. The summed E-state index contributed by atoms with van der Waals surface area (Å²) in [6, 6.07) is 45.0. The van der Waals surface area contributed by atoms with Gasteiger partial charge in [-0.1, -0.05) is 127 Å². The van der Waals surface area contributed by atoms with Gasteiger partial charge in [0.05, 0.1) is 33.0 Å². The van der Waals surface area contributed by atoms with Crippen molar-refractivity contribution >= 4 is 10.8 Å². The number of methoxy groups -OCH3 is 1. The summed E-state index contributed by atoms with van der Waals surface area (Å²) in [6.45, 7) is 1.90. The van der Waals surface area contributed by atoms with Gasteiger partial charge in [-0.3, -0.25) is 0 Å². The SMILES string of the molecule is CO[C@H]1O[C@H](COCc2ccc3ccccc3c2)[C@@H](OCc2ccccc2)[C@H](OCc2ccccc2)[C@@H]1OCc1ccccc1. The van der Waals surface area contributed by atoms with Crippen molar-refractivity contribution in [2.24, 2.45) is 0 Å². The second-order valence-corrected chi connectivity index (χ2v) is 11.3. The van der Waals surface area contributed by atoms with E-state index in [1.54, 1.807) is 7.11 Å². The molecule has 1 aliphatic heterocycles. The van der Waals surface area contributed by atoms with E-state index in [2.05, 4.69) is 54.6 Å². The molecule has 5 atom stereocenters. The maximum atomic E-state index is 6.68. The maximum Gasteiger partial charge on any atom is 0.186 e. The molecule has 0 spiro atoms. The molecule has 1 saturated heterocycles. The normalized spacial score (nSPS) is 21.6. The number of hydrogen-bond acceptors (Lipinski definition) is 6. The third-order valence-corrected chi connectivity index (χ3v) is 8.04. The van der Waals surface area contributed by atoms with Crippen LogP contribution >= 0.6 is 0 Å².